The Morgan fingerprint density at radius 1 is 0.708 bits per heavy atom. The fourth-order valence-corrected chi connectivity index (χ4v) is 6.48. The third kappa shape index (κ3) is 3.13. The number of hydrogen-bond donors (Lipinski definition) is 1. The zero-order valence-corrected chi connectivity index (χ0v) is 15.1. The minimum absolute atomic E-state index is 0. The molecule has 1 aliphatic rings. The first kappa shape index (κ1) is 17.2. The van der Waals surface area contributed by atoms with E-state index in [0.29, 0.717) is 5.66 Å². The average molecular weight is 354 g/mol. The molecule has 0 saturated carbocycles. The van der Waals surface area contributed by atoms with E-state index in [0.717, 1.165) is 6.42 Å². The highest BCUT2D eigenvalue weighted by Gasteiger charge is 2.36. The molecular weight excluding hydrogens is 333 g/mol. The first-order valence-corrected chi connectivity index (χ1v) is 9.48. The van der Waals surface area contributed by atoms with Crippen LogP contribution in [0.5, 0.6) is 0 Å². The molecule has 3 aromatic rings. The van der Waals surface area contributed by atoms with Crippen LogP contribution in [0.2, 0.25) is 0 Å². The van der Waals surface area contributed by atoms with E-state index >= 15 is 0 Å². The summed E-state index contributed by atoms with van der Waals surface area (Å²) < 4.78 is 0. The topological polar surface area (TPSA) is 26.0 Å². The van der Waals surface area contributed by atoms with Crippen molar-refractivity contribution in [3.8, 4) is 0 Å². The zero-order valence-electron chi connectivity index (χ0n) is 13.4. The molecule has 0 fully saturated rings. The van der Waals surface area contributed by atoms with Crippen molar-refractivity contribution < 1.29 is 0 Å². The van der Waals surface area contributed by atoms with Crippen LogP contribution in [-0.4, -0.2) is 5.66 Å². The number of nitrogens with two attached hydrogens (primary N) is 1. The van der Waals surface area contributed by atoms with Crippen molar-refractivity contribution >= 4 is 30.9 Å². The van der Waals surface area contributed by atoms with Crippen LogP contribution >= 0.6 is 20.3 Å². The fraction of sp³-hybridized carbons (Fsp3) is 0.143. The maximum absolute atomic E-state index is 6.68. The lowest BCUT2D eigenvalue weighted by atomic mass is 10.1. The Bertz CT molecular complexity index is 752. The van der Waals surface area contributed by atoms with Crippen LogP contribution in [0.4, 0.5) is 0 Å². The summed E-state index contributed by atoms with van der Waals surface area (Å²) in [7, 11) is -0.463. The standard InChI is InChI=1S/C21H20NP.ClH/c22-21-19-14-8-7-9-16(19)15-20(21)23(17-10-3-1-4-11-17)18-12-5-2-6-13-18;/h1-14,20-21H,15,22H2;1H/t20-,21-;/m1./s1. The summed E-state index contributed by atoms with van der Waals surface area (Å²) in [6.07, 6.45) is 1.08. The lowest BCUT2D eigenvalue weighted by Crippen LogP contribution is -2.28. The number of fused-ring (bicyclic) bond motifs is 1. The van der Waals surface area contributed by atoms with Gasteiger partial charge >= 0.3 is 0 Å². The van der Waals surface area contributed by atoms with Gasteiger partial charge in [0.05, 0.1) is 0 Å². The Morgan fingerprint density at radius 3 is 1.75 bits per heavy atom. The zero-order chi connectivity index (χ0) is 15.6. The van der Waals surface area contributed by atoms with Crippen molar-refractivity contribution in [1.82, 2.24) is 0 Å². The first-order valence-electron chi connectivity index (χ1n) is 8.07. The van der Waals surface area contributed by atoms with Crippen LogP contribution in [0.1, 0.15) is 17.2 Å². The molecule has 0 heterocycles. The molecule has 24 heavy (non-hydrogen) atoms. The maximum atomic E-state index is 6.68. The number of benzene rings is 3. The van der Waals surface area contributed by atoms with Gasteiger partial charge in [0.1, 0.15) is 0 Å². The maximum Gasteiger partial charge on any atom is 0.0375 e. The molecule has 0 saturated heterocycles. The monoisotopic (exact) mass is 353 g/mol. The van der Waals surface area contributed by atoms with E-state index < -0.39 is 7.92 Å². The van der Waals surface area contributed by atoms with Crippen molar-refractivity contribution in [3.05, 3.63) is 96.1 Å². The van der Waals surface area contributed by atoms with Crippen LogP contribution in [0.15, 0.2) is 84.9 Å². The van der Waals surface area contributed by atoms with Gasteiger partial charge in [-0.3, -0.25) is 0 Å². The van der Waals surface area contributed by atoms with Gasteiger partial charge in [-0.05, 0) is 36.1 Å². The minimum Gasteiger partial charge on any atom is -0.323 e. The molecule has 0 bridgehead atoms. The van der Waals surface area contributed by atoms with E-state index in [1.165, 1.54) is 21.7 Å². The van der Waals surface area contributed by atoms with E-state index in [1.807, 2.05) is 0 Å². The highest BCUT2D eigenvalue weighted by atomic mass is 35.5. The molecule has 122 valence electrons. The fourth-order valence-electron chi connectivity index (χ4n) is 3.57. The summed E-state index contributed by atoms with van der Waals surface area (Å²) in [6.45, 7) is 0. The van der Waals surface area contributed by atoms with Gasteiger partial charge in [-0.15, -0.1) is 12.4 Å². The smallest absolute Gasteiger partial charge is 0.0375 e. The number of hydrogen-bond acceptors (Lipinski definition) is 1. The van der Waals surface area contributed by atoms with Crippen LogP contribution in [-0.2, 0) is 6.42 Å². The molecule has 1 nitrogen and oxygen atoms in total. The summed E-state index contributed by atoms with van der Waals surface area (Å²) in [5.74, 6) is 0. The van der Waals surface area contributed by atoms with E-state index in [2.05, 4.69) is 84.9 Å². The molecule has 4 rings (SSSR count). The van der Waals surface area contributed by atoms with E-state index in [4.69, 9.17) is 5.73 Å². The summed E-state index contributed by atoms with van der Waals surface area (Å²) in [5.41, 5.74) is 9.90. The van der Waals surface area contributed by atoms with Gasteiger partial charge in [-0.1, -0.05) is 84.9 Å². The quantitative estimate of drug-likeness (QED) is 0.703. The van der Waals surface area contributed by atoms with Crippen molar-refractivity contribution in [3.63, 3.8) is 0 Å². The summed E-state index contributed by atoms with van der Waals surface area (Å²) in [6, 6.07) is 30.6. The Labute approximate surface area is 151 Å². The van der Waals surface area contributed by atoms with E-state index in [9.17, 15) is 0 Å². The Kier molecular flexibility index (Phi) is 5.36. The molecule has 2 N–H and O–H groups in total. The predicted molar refractivity (Wildman–Crippen MR) is 107 cm³/mol. The van der Waals surface area contributed by atoms with Crippen molar-refractivity contribution in [2.24, 2.45) is 5.73 Å². The molecule has 0 spiro atoms. The largest absolute Gasteiger partial charge is 0.323 e. The molecule has 0 radical (unpaired) electrons. The normalized spacial score (nSPS) is 18.9. The second kappa shape index (κ2) is 7.49. The molecule has 3 heteroatoms. The van der Waals surface area contributed by atoms with Crippen LogP contribution in [0, 0.1) is 0 Å². The highest BCUT2D eigenvalue weighted by molar-refractivity contribution is 7.73. The number of rotatable bonds is 3. The molecule has 0 unspecified atom stereocenters. The molecular formula is C21H21ClNP. The van der Waals surface area contributed by atoms with Gasteiger partial charge in [-0.25, -0.2) is 0 Å². The molecule has 0 amide bonds. The van der Waals surface area contributed by atoms with E-state index in [-0.39, 0.29) is 18.4 Å². The second-order valence-corrected chi connectivity index (χ2v) is 8.47. The number of halogens is 1. The van der Waals surface area contributed by atoms with Gasteiger partial charge in [-0.2, -0.15) is 0 Å². The first-order chi connectivity index (χ1) is 11.3. The minimum atomic E-state index is -0.463. The highest BCUT2D eigenvalue weighted by Crippen LogP contribution is 2.50. The average Bonchev–Trinajstić information content (AvgIpc) is 2.94. The van der Waals surface area contributed by atoms with Gasteiger partial charge in [0.15, 0.2) is 0 Å². The Hall–Kier alpha value is -1.66. The molecule has 0 aromatic heterocycles. The van der Waals surface area contributed by atoms with Gasteiger partial charge in [0.25, 0.3) is 0 Å². The van der Waals surface area contributed by atoms with Crippen LogP contribution in [0.3, 0.4) is 0 Å². The Morgan fingerprint density at radius 2 is 1.21 bits per heavy atom. The summed E-state index contributed by atoms with van der Waals surface area (Å²) in [4.78, 5) is 0. The van der Waals surface area contributed by atoms with Gasteiger partial charge in [0, 0.05) is 11.7 Å². The molecule has 3 aromatic carbocycles. The van der Waals surface area contributed by atoms with Crippen molar-refractivity contribution in [2.75, 3.05) is 0 Å². The molecule has 0 aliphatic heterocycles. The molecule has 2 atom stereocenters. The van der Waals surface area contributed by atoms with Gasteiger partial charge in [0.2, 0.25) is 0 Å². The molecule has 1 aliphatic carbocycles. The lowest BCUT2D eigenvalue weighted by Gasteiger charge is -2.28. The second-order valence-electron chi connectivity index (χ2n) is 6.04. The van der Waals surface area contributed by atoms with Crippen molar-refractivity contribution in [1.29, 1.82) is 0 Å². The predicted octanol–water partition coefficient (Wildman–Crippen LogP) is 4.17. The summed E-state index contributed by atoms with van der Waals surface area (Å²) >= 11 is 0. The Balaban J connectivity index is 0.00000169. The van der Waals surface area contributed by atoms with Crippen LogP contribution in [0.25, 0.3) is 0 Å². The lowest BCUT2D eigenvalue weighted by molar-refractivity contribution is 0.726. The van der Waals surface area contributed by atoms with Crippen LogP contribution < -0.4 is 16.3 Å². The van der Waals surface area contributed by atoms with Crippen molar-refractivity contribution in [2.45, 2.75) is 18.1 Å². The third-order valence-electron chi connectivity index (χ3n) is 4.66. The summed E-state index contributed by atoms with van der Waals surface area (Å²) in [5, 5.41) is 2.84. The van der Waals surface area contributed by atoms with E-state index in [1.54, 1.807) is 0 Å². The SMILES string of the molecule is Cl.N[C@@H]1c2ccccc2C[C@H]1P(c1ccccc1)c1ccccc1. The third-order valence-corrected chi connectivity index (χ3v) is 7.53. The van der Waals surface area contributed by atoms with Gasteiger partial charge < -0.3 is 5.73 Å².